The standard InChI is InChI=1S/2C8H15NO.C2H2O4/c2*1-3-8(7-9-5-1)4-2-6-10-8;3-1(4)2(5)6/h2*9H,1-7H2;(H,3,4)(H,5,6). The molecule has 0 radical (unpaired) electrons. The van der Waals surface area contributed by atoms with E-state index in [1.54, 1.807) is 0 Å². The lowest BCUT2D eigenvalue weighted by molar-refractivity contribution is -0.159. The molecule has 26 heavy (non-hydrogen) atoms. The lowest BCUT2D eigenvalue weighted by Crippen LogP contribution is -2.44. The van der Waals surface area contributed by atoms with E-state index in [2.05, 4.69) is 10.6 Å². The molecule has 150 valence electrons. The predicted molar refractivity (Wildman–Crippen MR) is 95.3 cm³/mol. The van der Waals surface area contributed by atoms with E-state index in [1.807, 2.05) is 0 Å². The second-order valence-electron chi connectivity index (χ2n) is 7.44. The minimum Gasteiger partial charge on any atom is -0.473 e. The van der Waals surface area contributed by atoms with E-state index in [0.717, 1.165) is 26.3 Å². The Hall–Kier alpha value is -1.22. The van der Waals surface area contributed by atoms with Crippen molar-refractivity contribution >= 4 is 11.9 Å². The summed E-state index contributed by atoms with van der Waals surface area (Å²) < 4.78 is 11.4. The van der Waals surface area contributed by atoms with Gasteiger partial charge in [-0.25, -0.2) is 9.59 Å². The van der Waals surface area contributed by atoms with Crippen LogP contribution in [0.15, 0.2) is 0 Å². The van der Waals surface area contributed by atoms with Gasteiger partial charge in [-0.2, -0.15) is 0 Å². The molecule has 4 saturated heterocycles. The van der Waals surface area contributed by atoms with Crippen LogP contribution in [-0.2, 0) is 19.1 Å². The van der Waals surface area contributed by atoms with E-state index in [0.29, 0.717) is 0 Å². The van der Waals surface area contributed by atoms with Crippen molar-refractivity contribution < 1.29 is 29.3 Å². The van der Waals surface area contributed by atoms with Crippen LogP contribution in [0.25, 0.3) is 0 Å². The van der Waals surface area contributed by atoms with Crippen LogP contribution in [0.4, 0.5) is 0 Å². The van der Waals surface area contributed by atoms with Crippen LogP contribution < -0.4 is 10.6 Å². The molecular weight excluding hydrogens is 340 g/mol. The Labute approximate surface area is 154 Å². The zero-order valence-corrected chi connectivity index (χ0v) is 15.4. The van der Waals surface area contributed by atoms with E-state index >= 15 is 0 Å². The van der Waals surface area contributed by atoms with Gasteiger partial charge < -0.3 is 30.3 Å². The van der Waals surface area contributed by atoms with Crippen molar-refractivity contribution in [2.24, 2.45) is 0 Å². The summed E-state index contributed by atoms with van der Waals surface area (Å²) in [7, 11) is 0. The molecule has 0 aromatic rings. The highest BCUT2D eigenvalue weighted by Crippen LogP contribution is 2.32. The van der Waals surface area contributed by atoms with Crippen molar-refractivity contribution in [3.05, 3.63) is 0 Å². The Morgan fingerprint density at radius 2 is 1.08 bits per heavy atom. The van der Waals surface area contributed by atoms with Gasteiger partial charge in [0.1, 0.15) is 0 Å². The lowest BCUT2D eigenvalue weighted by Gasteiger charge is -2.32. The first kappa shape index (κ1) is 21.1. The Balaban J connectivity index is 0.000000146. The summed E-state index contributed by atoms with van der Waals surface area (Å²) >= 11 is 0. The Bertz CT molecular complexity index is 401. The summed E-state index contributed by atoms with van der Waals surface area (Å²) in [6, 6.07) is 0. The maximum atomic E-state index is 9.10. The van der Waals surface area contributed by atoms with Crippen LogP contribution in [0, 0.1) is 0 Å². The third-order valence-corrected chi connectivity index (χ3v) is 5.42. The molecule has 2 atom stereocenters. The summed E-state index contributed by atoms with van der Waals surface area (Å²) in [5.74, 6) is -3.65. The number of carboxylic acids is 2. The maximum absolute atomic E-state index is 9.10. The smallest absolute Gasteiger partial charge is 0.414 e. The summed E-state index contributed by atoms with van der Waals surface area (Å²) in [4.78, 5) is 18.2. The van der Waals surface area contributed by atoms with E-state index in [9.17, 15) is 0 Å². The van der Waals surface area contributed by atoms with Crippen LogP contribution in [0.1, 0.15) is 51.4 Å². The van der Waals surface area contributed by atoms with Gasteiger partial charge >= 0.3 is 11.9 Å². The third-order valence-electron chi connectivity index (χ3n) is 5.42. The molecule has 4 aliphatic heterocycles. The average Bonchev–Trinajstić information content (AvgIpc) is 3.28. The molecule has 0 aromatic heterocycles. The number of hydrogen-bond acceptors (Lipinski definition) is 6. The van der Waals surface area contributed by atoms with Gasteiger partial charge in [0.25, 0.3) is 0 Å². The quantitative estimate of drug-likeness (QED) is 0.465. The van der Waals surface area contributed by atoms with Crippen molar-refractivity contribution in [3.63, 3.8) is 0 Å². The molecule has 4 rings (SSSR count). The number of nitrogens with one attached hydrogen (secondary N) is 2. The zero-order valence-electron chi connectivity index (χ0n) is 15.4. The molecule has 0 aromatic carbocycles. The van der Waals surface area contributed by atoms with E-state index < -0.39 is 11.9 Å². The highest BCUT2D eigenvalue weighted by atomic mass is 16.5. The predicted octanol–water partition coefficient (Wildman–Crippen LogP) is 0.994. The van der Waals surface area contributed by atoms with Gasteiger partial charge in [-0.05, 0) is 64.5 Å². The first-order valence-electron chi connectivity index (χ1n) is 9.63. The number of carbonyl (C=O) groups is 2. The maximum Gasteiger partial charge on any atom is 0.414 e. The summed E-state index contributed by atoms with van der Waals surface area (Å²) in [6.45, 7) is 6.53. The molecule has 8 heteroatoms. The fraction of sp³-hybridized carbons (Fsp3) is 0.889. The molecule has 4 aliphatic rings. The van der Waals surface area contributed by atoms with Crippen LogP contribution in [0.3, 0.4) is 0 Å². The lowest BCUT2D eigenvalue weighted by atomic mass is 9.91. The highest BCUT2D eigenvalue weighted by molar-refractivity contribution is 6.27. The van der Waals surface area contributed by atoms with Crippen molar-refractivity contribution in [2.75, 3.05) is 39.4 Å². The summed E-state index contributed by atoms with van der Waals surface area (Å²) in [6.07, 6.45) is 10.2. The number of ether oxygens (including phenoxy) is 2. The minimum absolute atomic E-state index is 0.262. The van der Waals surface area contributed by atoms with E-state index in [4.69, 9.17) is 29.3 Å². The first-order chi connectivity index (χ1) is 12.5. The van der Waals surface area contributed by atoms with Crippen molar-refractivity contribution in [3.8, 4) is 0 Å². The number of carboxylic acid groups (broad SMARTS) is 2. The third kappa shape index (κ3) is 6.50. The molecule has 2 unspecified atom stereocenters. The number of rotatable bonds is 0. The second-order valence-corrected chi connectivity index (χ2v) is 7.44. The Kier molecular flexibility index (Phi) is 8.27. The molecule has 0 bridgehead atoms. The Morgan fingerprint density at radius 1 is 0.692 bits per heavy atom. The summed E-state index contributed by atoms with van der Waals surface area (Å²) in [5, 5.41) is 21.6. The molecule has 2 spiro atoms. The topological polar surface area (TPSA) is 117 Å². The number of aliphatic carboxylic acids is 2. The molecular formula is C18H32N2O6. The van der Waals surface area contributed by atoms with Gasteiger partial charge in [-0.3, -0.25) is 0 Å². The van der Waals surface area contributed by atoms with Gasteiger partial charge in [0, 0.05) is 26.3 Å². The van der Waals surface area contributed by atoms with Crippen molar-refractivity contribution in [2.45, 2.75) is 62.6 Å². The van der Waals surface area contributed by atoms with Gasteiger partial charge in [0.2, 0.25) is 0 Å². The van der Waals surface area contributed by atoms with Crippen LogP contribution in [0.2, 0.25) is 0 Å². The molecule has 8 nitrogen and oxygen atoms in total. The number of piperidine rings is 2. The highest BCUT2D eigenvalue weighted by Gasteiger charge is 2.36. The molecule has 0 amide bonds. The Morgan fingerprint density at radius 3 is 1.31 bits per heavy atom. The average molecular weight is 372 g/mol. The van der Waals surface area contributed by atoms with Crippen molar-refractivity contribution in [1.29, 1.82) is 0 Å². The van der Waals surface area contributed by atoms with Gasteiger partial charge in [0.05, 0.1) is 11.2 Å². The number of hydrogen-bond donors (Lipinski definition) is 4. The SMILES string of the molecule is C1CNCC2(C1)CCCO2.C1CNCC2(C1)CCCO2.O=C(O)C(=O)O. The monoisotopic (exact) mass is 372 g/mol. The fourth-order valence-corrected chi connectivity index (χ4v) is 4.06. The molecule has 4 heterocycles. The molecule has 4 fully saturated rings. The normalized spacial score (nSPS) is 33.1. The molecule has 0 aliphatic carbocycles. The molecule has 0 saturated carbocycles. The van der Waals surface area contributed by atoms with E-state index in [1.165, 1.54) is 64.5 Å². The second kappa shape index (κ2) is 10.2. The fourth-order valence-electron chi connectivity index (χ4n) is 4.06. The first-order valence-corrected chi connectivity index (χ1v) is 9.63. The van der Waals surface area contributed by atoms with Crippen LogP contribution in [0.5, 0.6) is 0 Å². The van der Waals surface area contributed by atoms with Crippen LogP contribution >= 0.6 is 0 Å². The van der Waals surface area contributed by atoms with Gasteiger partial charge in [-0.1, -0.05) is 0 Å². The zero-order chi connectivity index (χ0) is 18.9. The molecule has 4 N–H and O–H groups in total. The van der Waals surface area contributed by atoms with E-state index in [-0.39, 0.29) is 11.2 Å². The van der Waals surface area contributed by atoms with Gasteiger partial charge in [0.15, 0.2) is 0 Å². The van der Waals surface area contributed by atoms with Gasteiger partial charge in [-0.15, -0.1) is 0 Å². The van der Waals surface area contributed by atoms with Crippen LogP contribution in [-0.4, -0.2) is 72.7 Å². The minimum atomic E-state index is -1.82. The summed E-state index contributed by atoms with van der Waals surface area (Å²) in [5.41, 5.74) is 0.524. The largest absolute Gasteiger partial charge is 0.473 e. The van der Waals surface area contributed by atoms with Crippen molar-refractivity contribution in [1.82, 2.24) is 10.6 Å².